The number of carbonyl (C=O) groups is 1. The van der Waals surface area contributed by atoms with Crippen LogP contribution in [0, 0.1) is 0 Å². The van der Waals surface area contributed by atoms with Gasteiger partial charge in [-0.2, -0.15) is 0 Å². The molecule has 29 heavy (non-hydrogen) atoms. The zero-order valence-corrected chi connectivity index (χ0v) is 16.0. The quantitative estimate of drug-likeness (QED) is 0.667. The van der Waals surface area contributed by atoms with Crippen LogP contribution >= 0.6 is 0 Å². The molecule has 0 saturated carbocycles. The van der Waals surface area contributed by atoms with E-state index in [1.807, 2.05) is 47.4 Å². The number of carbonyl (C=O) groups excluding carboxylic acids is 1. The third-order valence-electron chi connectivity index (χ3n) is 5.40. The molecule has 0 bridgehead atoms. The summed E-state index contributed by atoms with van der Waals surface area (Å²) in [5.41, 5.74) is 2.09. The van der Waals surface area contributed by atoms with Gasteiger partial charge in [0.25, 0.3) is 5.91 Å². The maximum absolute atomic E-state index is 13.2. The Bertz CT molecular complexity index is 1060. The highest BCUT2D eigenvalue weighted by Gasteiger charge is 2.33. The summed E-state index contributed by atoms with van der Waals surface area (Å²) in [5, 5.41) is 4.03. The Balaban J connectivity index is 1.41. The van der Waals surface area contributed by atoms with Crippen LogP contribution in [0.5, 0.6) is 17.2 Å². The number of amides is 1. The number of ether oxygens (including phenoxy) is 3. The third kappa shape index (κ3) is 3.08. The Kier molecular flexibility index (Phi) is 4.35. The highest BCUT2D eigenvalue weighted by Crippen LogP contribution is 2.39. The molecule has 1 fully saturated rings. The maximum Gasteiger partial charge on any atom is 0.276 e. The zero-order chi connectivity index (χ0) is 19.8. The van der Waals surface area contributed by atoms with Crippen LogP contribution in [0.4, 0.5) is 0 Å². The molecule has 5 rings (SSSR count). The van der Waals surface area contributed by atoms with Crippen molar-refractivity contribution in [2.45, 2.75) is 18.9 Å². The van der Waals surface area contributed by atoms with Crippen LogP contribution in [0.2, 0.25) is 0 Å². The molecule has 0 aliphatic carbocycles. The predicted molar refractivity (Wildman–Crippen MR) is 104 cm³/mol. The molecule has 0 N–H and O–H groups in total. The number of hydrogen-bond donors (Lipinski definition) is 0. The highest BCUT2D eigenvalue weighted by molar-refractivity contribution is 5.93. The number of nitrogens with zero attached hydrogens (tertiary/aromatic N) is 2. The van der Waals surface area contributed by atoms with E-state index in [4.69, 9.17) is 18.7 Å². The first-order chi connectivity index (χ1) is 14.2. The molecule has 3 heterocycles. The van der Waals surface area contributed by atoms with Crippen LogP contribution < -0.4 is 14.2 Å². The molecule has 7 heteroatoms. The molecule has 1 unspecified atom stereocenters. The average molecular weight is 392 g/mol. The normalized spacial score (nSPS) is 17.6. The molecule has 1 saturated heterocycles. The van der Waals surface area contributed by atoms with Gasteiger partial charge in [0.1, 0.15) is 5.75 Å². The minimum atomic E-state index is -0.144. The number of benzene rings is 2. The SMILES string of the molecule is COc1ccccc1C1CCCN1C(=O)c1cc(-c2ccc3c(c2)OCO3)on1. The fourth-order valence-corrected chi connectivity index (χ4v) is 3.98. The van der Waals surface area contributed by atoms with Gasteiger partial charge in [-0.3, -0.25) is 4.79 Å². The van der Waals surface area contributed by atoms with E-state index in [0.29, 0.717) is 29.5 Å². The van der Waals surface area contributed by atoms with Crippen LogP contribution in [0.3, 0.4) is 0 Å². The number of methoxy groups -OCH3 is 1. The van der Waals surface area contributed by atoms with Gasteiger partial charge in [-0.1, -0.05) is 23.4 Å². The second kappa shape index (κ2) is 7.16. The lowest BCUT2D eigenvalue weighted by Gasteiger charge is -2.25. The molecular weight excluding hydrogens is 372 g/mol. The van der Waals surface area contributed by atoms with Gasteiger partial charge in [-0.15, -0.1) is 0 Å². The minimum absolute atomic E-state index is 0.0376. The first-order valence-electron chi connectivity index (χ1n) is 9.55. The molecule has 1 amide bonds. The van der Waals surface area contributed by atoms with Crippen LogP contribution in [-0.2, 0) is 0 Å². The molecule has 1 aromatic heterocycles. The average Bonchev–Trinajstić information content (AvgIpc) is 3.52. The van der Waals surface area contributed by atoms with Crippen molar-refractivity contribution in [2.24, 2.45) is 0 Å². The zero-order valence-electron chi connectivity index (χ0n) is 16.0. The van der Waals surface area contributed by atoms with Crippen LogP contribution in [0.15, 0.2) is 53.1 Å². The summed E-state index contributed by atoms with van der Waals surface area (Å²) in [6.45, 7) is 0.881. The smallest absolute Gasteiger partial charge is 0.276 e. The largest absolute Gasteiger partial charge is 0.496 e. The van der Waals surface area contributed by atoms with Crippen molar-refractivity contribution < 1.29 is 23.5 Å². The fourth-order valence-electron chi connectivity index (χ4n) is 3.98. The lowest BCUT2D eigenvalue weighted by Crippen LogP contribution is -2.31. The van der Waals surface area contributed by atoms with Gasteiger partial charge in [0.05, 0.1) is 13.2 Å². The summed E-state index contributed by atoms with van der Waals surface area (Å²) in [6, 6.07) is 15.0. The molecule has 2 aromatic carbocycles. The minimum Gasteiger partial charge on any atom is -0.496 e. The van der Waals surface area contributed by atoms with Crippen molar-refractivity contribution >= 4 is 5.91 Å². The molecule has 0 radical (unpaired) electrons. The Morgan fingerprint density at radius 2 is 2.00 bits per heavy atom. The van der Waals surface area contributed by atoms with Crippen molar-refractivity contribution in [1.29, 1.82) is 0 Å². The second-order valence-corrected chi connectivity index (χ2v) is 7.04. The summed E-state index contributed by atoms with van der Waals surface area (Å²) in [6.07, 6.45) is 1.82. The molecule has 2 aliphatic heterocycles. The first-order valence-corrected chi connectivity index (χ1v) is 9.55. The van der Waals surface area contributed by atoms with Crippen LogP contribution in [0.25, 0.3) is 11.3 Å². The van der Waals surface area contributed by atoms with Gasteiger partial charge in [0, 0.05) is 23.7 Å². The van der Waals surface area contributed by atoms with E-state index >= 15 is 0 Å². The van der Waals surface area contributed by atoms with Crippen molar-refractivity contribution in [3.8, 4) is 28.6 Å². The van der Waals surface area contributed by atoms with Crippen molar-refractivity contribution in [2.75, 3.05) is 20.4 Å². The van der Waals surface area contributed by atoms with E-state index in [-0.39, 0.29) is 18.7 Å². The van der Waals surface area contributed by atoms with E-state index < -0.39 is 0 Å². The van der Waals surface area contributed by atoms with Gasteiger partial charge in [-0.25, -0.2) is 0 Å². The number of likely N-dealkylation sites (tertiary alicyclic amines) is 1. The molecule has 2 aliphatic rings. The monoisotopic (exact) mass is 392 g/mol. The number of rotatable bonds is 4. The Morgan fingerprint density at radius 1 is 1.14 bits per heavy atom. The van der Waals surface area contributed by atoms with Crippen molar-refractivity contribution in [1.82, 2.24) is 10.1 Å². The number of fused-ring (bicyclic) bond motifs is 1. The van der Waals surface area contributed by atoms with E-state index in [0.717, 1.165) is 29.7 Å². The van der Waals surface area contributed by atoms with Gasteiger partial charge in [0.2, 0.25) is 6.79 Å². The van der Waals surface area contributed by atoms with E-state index in [2.05, 4.69) is 5.16 Å². The van der Waals surface area contributed by atoms with Gasteiger partial charge < -0.3 is 23.6 Å². The summed E-state index contributed by atoms with van der Waals surface area (Å²) in [5.74, 6) is 2.51. The molecule has 3 aromatic rings. The van der Waals surface area contributed by atoms with E-state index in [1.165, 1.54) is 0 Å². The Hall–Kier alpha value is -3.48. The number of aromatic nitrogens is 1. The second-order valence-electron chi connectivity index (χ2n) is 7.04. The summed E-state index contributed by atoms with van der Waals surface area (Å²) in [4.78, 5) is 15.0. The standard InChI is InChI=1S/C22H20N2O5/c1-26-18-7-3-2-5-15(18)17-6-4-10-24(17)22(25)16-12-20(29-23-16)14-8-9-19-21(11-14)28-13-27-19/h2-3,5,7-9,11-12,17H,4,6,10,13H2,1H3. The lowest BCUT2D eigenvalue weighted by molar-refractivity contribution is 0.0723. The van der Waals surface area contributed by atoms with Crippen LogP contribution in [-0.4, -0.2) is 36.4 Å². The third-order valence-corrected chi connectivity index (χ3v) is 5.40. The number of hydrogen-bond acceptors (Lipinski definition) is 6. The Labute approximate surface area is 167 Å². The fraction of sp³-hybridized carbons (Fsp3) is 0.273. The topological polar surface area (TPSA) is 74.0 Å². The summed E-state index contributed by atoms with van der Waals surface area (Å²) < 4.78 is 21.7. The van der Waals surface area contributed by atoms with Crippen LogP contribution in [0.1, 0.15) is 34.9 Å². The predicted octanol–water partition coefficient (Wildman–Crippen LogP) is 4.06. The molecule has 7 nitrogen and oxygen atoms in total. The summed E-state index contributed by atoms with van der Waals surface area (Å²) in [7, 11) is 1.65. The lowest BCUT2D eigenvalue weighted by atomic mass is 10.0. The number of para-hydroxylation sites is 1. The van der Waals surface area contributed by atoms with Gasteiger partial charge >= 0.3 is 0 Å². The highest BCUT2D eigenvalue weighted by atomic mass is 16.7. The van der Waals surface area contributed by atoms with Crippen molar-refractivity contribution in [3.05, 3.63) is 59.8 Å². The van der Waals surface area contributed by atoms with Crippen molar-refractivity contribution in [3.63, 3.8) is 0 Å². The van der Waals surface area contributed by atoms with E-state index in [1.54, 1.807) is 13.2 Å². The van der Waals surface area contributed by atoms with Gasteiger partial charge in [-0.05, 0) is 37.1 Å². The Morgan fingerprint density at radius 3 is 2.90 bits per heavy atom. The molecular formula is C22H20N2O5. The first kappa shape index (κ1) is 17.6. The summed E-state index contributed by atoms with van der Waals surface area (Å²) >= 11 is 0. The van der Waals surface area contributed by atoms with Gasteiger partial charge in [0.15, 0.2) is 23.0 Å². The molecule has 148 valence electrons. The molecule has 1 atom stereocenters. The maximum atomic E-state index is 13.2. The van der Waals surface area contributed by atoms with E-state index in [9.17, 15) is 4.79 Å². The molecule has 0 spiro atoms.